The highest BCUT2D eigenvalue weighted by molar-refractivity contribution is 7.89. The van der Waals surface area contributed by atoms with Gasteiger partial charge >= 0.3 is 0 Å². The molecule has 1 aliphatic heterocycles. The fourth-order valence-electron chi connectivity index (χ4n) is 4.84. The Labute approximate surface area is 267 Å². The summed E-state index contributed by atoms with van der Waals surface area (Å²) in [6, 6.07) is 13.6. The zero-order valence-corrected chi connectivity index (χ0v) is 27.9. The second-order valence-electron chi connectivity index (χ2n) is 12.2. The highest BCUT2D eigenvalue weighted by Crippen LogP contribution is 2.37. The minimum absolute atomic E-state index is 0. The molecule has 2 aromatic rings. The van der Waals surface area contributed by atoms with Gasteiger partial charge in [0.05, 0.1) is 4.90 Å². The minimum Gasteiger partial charge on any atom is -0.454 e. The third-order valence-electron chi connectivity index (χ3n) is 7.11. The van der Waals surface area contributed by atoms with Gasteiger partial charge in [-0.15, -0.1) is 12.4 Å². The van der Waals surface area contributed by atoms with Crippen molar-refractivity contribution in [3.8, 4) is 11.5 Å². The number of nitrogens with one attached hydrogen (secondary N) is 3. The van der Waals surface area contributed by atoms with Gasteiger partial charge in [0.2, 0.25) is 28.6 Å². The first-order valence-corrected chi connectivity index (χ1v) is 16.1. The number of carbonyl (C=O) groups is 2. The number of rotatable bonds is 17. The van der Waals surface area contributed by atoms with E-state index in [9.17, 15) is 23.1 Å². The van der Waals surface area contributed by atoms with Crippen molar-refractivity contribution in [3.05, 3.63) is 54.1 Å². The van der Waals surface area contributed by atoms with Crippen LogP contribution in [0.25, 0.3) is 0 Å². The molecule has 2 aromatic carbocycles. The van der Waals surface area contributed by atoms with Gasteiger partial charge < -0.3 is 30.5 Å². The number of carbonyl (C=O) groups excluding carboxylic acids is 2. The van der Waals surface area contributed by atoms with Gasteiger partial charge in [0.25, 0.3) is 0 Å². The Morgan fingerprint density at radius 3 is 2.34 bits per heavy atom. The first-order valence-electron chi connectivity index (χ1n) is 14.6. The summed E-state index contributed by atoms with van der Waals surface area (Å²) in [5, 5.41) is 20.9. The lowest BCUT2D eigenvalue weighted by molar-refractivity contribution is -0.125. The van der Waals surface area contributed by atoms with Crippen LogP contribution in [0.4, 0.5) is 0 Å². The molecule has 0 bridgehead atoms. The summed E-state index contributed by atoms with van der Waals surface area (Å²) in [5.41, 5.74) is -1.61. The largest absolute Gasteiger partial charge is 0.454 e. The standard InChI is InChI=1S/C31H46N4O7S.ClH/c1-23(2)20-35(43(39,40)25-11-12-26-27(17-25)42-22-41-26)31(38,18-24-9-7-6-8-10-24)14-16-33-29(37)19-30(3,4)21-34-28(36)13-15-32-5;/h6-12,17,23,32,38H,13-16,18-22H2,1-5H3,(H,33,37)(H,34,36);1H. The Hall–Kier alpha value is -2.90. The van der Waals surface area contributed by atoms with Crippen LogP contribution in [0.2, 0.25) is 0 Å². The summed E-state index contributed by atoms with van der Waals surface area (Å²) in [5.74, 6) is 0.320. The van der Waals surface area contributed by atoms with E-state index >= 15 is 0 Å². The topological polar surface area (TPSA) is 146 Å². The first kappa shape index (κ1) is 37.3. The molecule has 1 unspecified atom stereocenters. The van der Waals surface area contributed by atoms with E-state index in [4.69, 9.17) is 9.47 Å². The Bertz CT molecular complexity index is 1340. The normalized spacial score (nSPS) is 14.2. The van der Waals surface area contributed by atoms with Crippen LogP contribution < -0.4 is 25.4 Å². The van der Waals surface area contributed by atoms with E-state index in [0.29, 0.717) is 31.0 Å². The molecule has 0 aromatic heterocycles. The summed E-state index contributed by atoms with van der Waals surface area (Å²) in [6.07, 6.45) is 0.456. The van der Waals surface area contributed by atoms with Gasteiger partial charge in [-0.1, -0.05) is 58.0 Å². The van der Waals surface area contributed by atoms with E-state index < -0.39 is 21.2 Å². The summed E-state index contributed by atoms with van der Waals surface area (Å²) >= 11 is 0. The first-order chi connectivity index (χ1) is 20.3. The minimum atomic E-state index is -4.21. The van der Waals surface area contributed by atoms with Crippen molar-refractivity contribution in [3.63, 3.8) is 0 Å². The van der Waals surface area contributed by atoms with E-state index in [1.807, 2.05) is 58.0 Å². The van der Waals surface area contributed by atoms with Gasteiger partial charge in [0.15, 0.2) is 11.5 Å². The lowest BCUT2D eigenvalue weighted by Crippen LogP contribution is -2.55. The number of fused-ring (bicyclic) bond motifs is 1. The van der Waals surface area contributed by atoms with Crippen molar-refractivity contribution in [2.45, 2.75) is 64.0 Å². The lowest BCUT2D eigenvalue weighted by atomic mass is 9.88. The molecule has 4 N–H and O–H groups in total. The van der Waals surface area contributed by atoms with E-state index in [1.165, 1.54) is 12.1 Å². The zero-order chi connectivity index (χ0) is 31.7. The Morgan fingerprint density at radius 1 is 1.00 bits per heavy atom. The monoisotopic (exact) mass is 654 g/mol. The van der Waals surface area contributed by atoms with Crippen LogP contribution in [-0.2, 0) is 26.0 Å². The Kier molecular flexibility index (Phi) is 13.9. The highest BCUT2D eigenvalue weighted by atomic mass is 35.5. The summed E-state index contributed by atoms with van der Waals surface area (Å²) < 4.78 is 40.2. The molecule has 3 rings (SSSR count). The lowest BCUT2D eigenvalue weighted by Gasteiger charge is -2.40. The van der Waals surface area contributed by atoms with Gasteiger partial charge in [-0.2, -0.15) is 4.31 Å². The molecule has 44 heavy (non-hydrogen) atoms. The number of hydrogen-bond donors (Lipinski definition) is 4. The molecule has 2 amide bonds. The average molecular weight is 655 g/mol. The van der Waals surface area contributed by atoms with Crippen LogP contribution in [0.5, 0.6) is 11.5 Å². The number of halogens is 1. The molecule has 1 heterocycles. The van der Waals surface area contributed by atoms with Gasteiger partial charge in [0.1, 0.15) is 5.72 Å². The van der Waals surface area contributed by atoms with Crippen molar-refractivity contribution < 1.29 is 32.6 Å². The van der Waals surface area contributed by atoms with E-state index in [-0.39, 0.29) is 74.2 Å². The van der Waals surface area contributed by atoms with E-state index in [2.05, 4.69) is 16.0 Å². The van der Waals surface area contributed by atoms with Crippen LogP contribution in [0.15, 0.2) is 53.4 Å². The molecule has 0 saturated carbocycles. The van der Waals surface area contributed by atoms with Crippen LogP contribution in [0.3, 0.4) is 0 Å². The predicted molar refractivity (Wildman–Crippen MR) is 171 cm³/mol. The molecule has 0 spiro atoms. The van der Waals surface area contributed by atoms with Crippen LogP contribution in [0.1, 0.15) is 52.5 Å². The molecule has 0 aliphatic carbocycles. The summed E-state index contributed by atoms with van der Waals surface area (Å²) in [6.45, 7) is 8.53. The maximum Gasteiger partial charge on any atom is 0.245 e. The fraction of sp³-hybridized carbons (Fsp3) is 0.548. The van der Waals surface area contributed by atoms with Gasteiger partial charge in [0, 0.05) is 57.9 Å². The molecule has 0 fully saturated rings. The maximum absolute atomic E-state index is 14.1. The van der Waals surface area contributed by atoms with Crippen molar-refractivity contribution in [1.82, 2.24) is 20.3 Å². The quantitative estimate of drug-likeness (QED) is 0.191. The molecule has 1 aliphatic rings. The molecule has 246 valence electrons. The molecular formula is C31H47ClN4O7S. The van der Waals surface area contributed by atoms with Crippen LogP contribution in [0, 0.1) is 11.3 Å². The third kappa shape index (κ3) is 10.6. The molecular weight excluding hydrogens is 608 g/mol. The SMILES string of the molecule is CNCCC(=O)NCC(C)(C)CC(=O)NCCC(O)(Cc1ccccc1)N(CC(C)C)S(=O)(=O)c1ccc2c(c1)OCO2.Cl. The number of benzene rings is 2. The zero-order valence-electron chi connectivity index (χ0n) is 26.2. The molecule has 1 atom stereocenters. The predicted octanol–water partition coefficient (Wildman–Crippen LogP) is 3.06. The Morgan fingerprint density at radius 2 is 1.68 bits per heavy atom. The van der Waals surface area contributed by atoms with Crippen LogP contribution in [-0.4, -0.2) is 75.4 Å². The number of aliphatic hydroxyl groups is 1. The number of amides is 2. The number of sulfonamides is 1. The van der Waals surface area contributed by atoms with Crippen molar-refractivity contribution in [2.75, 3.05) is 40.0 Å². The molecule has 0 radical (unpaired) electrons. The third-order valence-corrected chi connectivity index (χ3v) is 9.03. The van der Waals surface area contributed by atoms with Crippen molar-refractivity contribution >= 4 is 34.2 Å². The Balaban J connectivity index is 0.00000675. The van der Waals surface area contributed by atoms with Crippen molar-refractivity contribution in [1.29, 1.82) is 0 Å². The molecule has 0 saturated heterocycles. The van der Waals surface area contributed by atoms with Crippen molar-refractivity contribution in [2.24, 2.45) is 11.3 Å². The van der Waals surface area contributed by atoms with Gasteiger partial charge in [-0.3, -0.25) is 9.59 Å². The average Bonchev–Trinajstić information content (AvgIpc) is 3.42. The smallest absolute Gasteiger partial charge is 0.245 e. The van der Waals surface area contributed by atoms with E-state index in [1.54, 1.807) is 13.1 Å². The summed E-state index contributed by atoms with van der Waals surface area (Å²) in [7, 11) is -2.43. The number of ether oxygens (including phenoxy) is 2. The second kappa shape index (κ2) is 16.4. The van der Waals surface area contributed by atoms with Crippen LogP contribution >= 0.6 is 12.4 Å². The molecule has 11 nitrogen and oxygen atoms in total. The highest BCUT2D eigenvalue weighted by Gasteiger charge is 2.43. The second-order valence-corrected chi connectivity index (χ2v) is 14.0. The number of nitrogens with zero attached hydrogens (tertiary/aromatic N) is 1. The summed E-state index contributed by atoms with van der Waals surface area (Å²) in [4.78, 5) is 24.9. The van der Waals surface area contributed by atoms with Gasteiger partial charge in [-0.05, 0) is 36.1 Å². The van der Waals surface area contributed by atoms with Gasteiger partial charge in [-0.25, -0.2) is 8.42 Å². The van der Waals surface area contributed by atoms with E-state index in [0.717, 1.165) is 9.87 Å². The number of hydrogen-bond acceptors (Lipinski definition) is 8. The molecule has 13 heteroatoms. The maximum atomic E-state index is 14.1. The fourth-order valence-corrected chi connectivity index (χ4v) is 6.69.